The molecule has 0 aromatic heterocycles. The Morgan fingerprint density at radius 2 is 1.85 bits per heavy atom. The van der Waals surface area contributed by atoms with Gasteiger partial charge in [-0.1, -0.05) is 18.2 Å². The van der Waals surface area contributed by atoms with Gasteiger partial charge in [-0.05, 0) is 49.2 Å². The lowest BCUT2D eigenvalue weighted by atomic mass is 10.2. The van der Waals surface area contributed by atoms with E-state index >= 15 is 0 Å². The largest absolute Gasteiger partial charge is 0.497 e. The van der Waals surface area contributed by atoms with Gasteiger partial charge in [0.05, 0.1) is 13.7 Å². The molecule has 1 unspecified atom stereocenters. The predicted molar refractivity (Wildman–Crippen MR) is 105 cm³/mol. The molecule has 1 atom stereocenters. The Morgan fingerprint density at radius 3 is 2.56 bits per heavy atom. The van der Waals surface area contributed by atoms with Crippen LogP contribution in [0.1, 0.15) is 12.5 Å². The maximum atomic E-state index is 12.7. The zero-order chi connectivity index (χ0) is 19.2. The fraction of sp³-hybridized carbons (Fsp3) is 0.333. The molecule has 0 fully saturated rings. The standard InChI is InChI=1S/C21H25N3O3/c1-3-23(14-20(25)22-17-8-10-18(27-2)11-9-17)15-21(26)24-13-12-16-6-4-5-7-19(16)24/h4-11H,3,12-15H2,1-2H3,(H,22,25)/p+1. The summed E-state index contributed by atoms with van der Waals surface area (Å²) in [5.74, 6) is 0.700. The number of carbonyl (C=O) groups excluding carboxylic acids is 2. The molecule has 0 aliphatic carbocycles. The van der Waals surface area contributed by atoms with Crippen LogP contribution in [0.4, 0.5) is 11.4 Å². The molecule has 27 heavy (non-hydrogen) atoms. The lowest BCUT2D eigenvalue weighted by Gasteiger charge is -2.21. The van der Waals surface area contributed by atoms with Gasteiger partial charge in [-0.2, -0.15) is 0 Å². The lowest BCUT2D eigenvalue weighted by molar-refractivity contribution is -0.881. The number of methoxy groups -OCH3 is 1. The highest BCUT2D eigenvalue weighted by molar-refractivity contribution is 5.96. The van der Waals surface area contributed by atoms with Crippen molar-refractivity contribution in [3.63, 3.8) is 0 Å². The quantitative estimate of drug-likeness (QED) is 0.770. The number of nitrogens with one attached hydrogen (secondary N) is 2. The molecule has 3 rings (SSSR count). The maximum absolute atomic E-state index is 12.7. The molecular formula is C21H26N3O3+. The van der Waals surface area contributed by atoms with Gasteiger partial charge in [0.2, 0.25) is 0 Å². The normalized spacial score (nSPS) is 13.8. The number of hydrogen-bond donors (Lipinski definition) is 2. The second-order valence-corrected chi connectivity index (χ2v) is 6.66. The Kier molecular flexibility index (Phi) is 6.08. The molecule has 0 bridgehead atoms. The van der Waals surface area contributed by atoms with Gasteiger partial charge in [-0.15, -0.1) is 0 Å². The van der Waals surface area contributed by atoms with Gasteiger partial charge >= 0.3 is 0 Å². The Hall–Kier alpha value is -2.86. The average molecular weight is 368 g/mol. The Balaban J connectivity index is 1.55. The van der Waals surface area contributed by atoms with Crippen LogP contribution in [0.3, 0.4) is 0 Å². The minimum atomic E-state index is -0.105. The SMILES string of the molecule is CC[NH+](CC(=O)Nc1ccc(OC)cc1)CC(=O)N1CCc2ccccc21. The van der Waals surface area contributed by atoms with Gasteiger partial charge in [0.15, 0.2) is 13.1 Å². The smallest absolute Gasteiger partial charge is 0.282 e. The van der Waals surface area contributed by atoms with Gasteiger partial charge in [-0.3, -0.25) is 9.59 Å². The predicted octanol–water partition coefficient (Wildman–Crippen LogP) is 1.13. The molecule has 1 heterocycles. The average Bonchev–Trinajstić information content (AvgIpc) is 3.12. The van der Waals surface area contributed by atoms with E-state index < -0.39 is 0 Å². The third-order valence-corrected chi connectivity index (χ3v) is 4.87. The number of ether oxygens (including phenoxy) is 1. The van der Waals surface area contributed by atoms with Crippen molar-refractivity contribution in [2.75, 3.05) is 43.5 Å². The highest BCUT2D eigenvalue weighted by Crippen LogP contribution is 2.27. The molecular weight excluding hydrogens is 342 g/mol. The van der Waals surface area contributed by atoms with Gasteiger partial charge in [0.1, 0.15) is 5.75 Å². The topological polar surface area (TPSA) is 63.1 Å². The van der Waals surface area contributed by atoms with E-state index in [0.29, 0.717) is 19.6 Å². The number of benzene rings is 2. The highest BCUT2D eigenvalue weighted by atomic mass is 16.5. The summed E-state index contributed by atoms with van der Waals surface area (Å²) in [5, 5.41) is 2.88. The first kappa shape index (κ1) is 18.9. The van der Waals surface area contributed by atoms with Crippen LogP contribution in [0.25, 0.3) is 0 Å². The zero-order valence-electron chi connectivity index (χ0n) is 15.8. The van der Waals surface area contributed by atoms with Gasteiger partial charge < -0.3 is 19.9 Å². The van der Waals surface area contributed by atoms with E-state index in [-0.39, 0.29) is 18.4 Å². The number of amides is 2. The van der Waals surface area contributed by atoms with Crippen molar-refractivity contribution < 1.29 is 19.2 Å². The number of hydrogen-bond acceptors (Lipinski definition) is 3. The van der Waals surface area contributed by atoms with Crippen molar-refractivity contribution in [1.82, 2.24) is 0 Å². The Bertz CT molecular complexity index is 805. The molecule has 0 radical (unpaired) electrons. The van der Waals surface area contributed by atoms with E-state index in [4.69, 9.17) is 4.74 Å². The molecule has 0 saturated heterocycles. The highest BCUT2D eigenvalue weighted by Gasteiger charge is 2.27. The maximum Gasteiger partial charge on any atom is 0.282 e. The second-order valence-electron chi connectivity index (χ2n) is 6.66. The number of carbonyl (C=O) groups is 2. The van der Waals surface area contributed by atoms with Crippen LogP contribution < -0.4 is 19.9 Å². The summed E-state index contributed by atoms with van der Waals surface area (Å²) in [6.45, 7) is 3.97. The van der Waals surface area contributed by atoms with Crippen LogP contribution >= 0.6 is 0 Å². The van der Waals surface area contributed by atoms with Crippen LogP contribution in [0.15, 0.2) is 48.5 Å². The van der Waals surface area contributed by atoms with Crippen molar-refractivity contribution in [1.29, 1.82) is 0 Å². The summed E-state index contributed by atoms with van der Waals surface area (Å²) in [6, 6.07) is 15.2. The summed E-state index contributed by atoms with van der Waals surface area (Å²) < 4.78 is 5.11. The number of fused-ring (bicyclic) bond motifs is 1. The van der Waals surface area contributed by atoms with Gasteiger partial charge in [0.25, 0.3) is 11.8 Å². The van der Waals surface area contributed by atoms with Crippen LogP contribution in [-0.2, 0) is 16.0 Å². The zero-order valence-corrected chi connectivity index (χ0v) is 15.8. The van der Waals surface area contributed by atoms with Gasteiger partial charge in [0, 0.05) is 17.9 Å². The first-order valence-corrected chi connectivity index (χ1v) is 9.26. The van der Waals surface area contributed by atoms with E-state index in [1.54, 1.807) is 31.4 Å². The van der Waals surface area contributed by atoms with Crippen LogP contribution in [0.2, 0.25) is 0 Å². The van der Waals surface area contributed by atoms with Crippen molar-refractivity contribution in [3.05, 3.63) is 54.1 Å². The van der Waals surface area contributed by atoms with E-state index in [1.807, 2.05) is 30.0 Å². The first-order chi connectivity index (χ1) is 13.1. The summed E-state index contributed by atoms with van der Waals surface area (Å²) >= 11 is 0. The molecule has 1 aliphatic rings. The number of para-hydroxylation sites is 1. The van der Waals surface area contributed by atoms with E-state index in [9.17, 15) is 9.59 Å². The van der Waals surface area contributed by atoms with Crippen LogP contribution in [0, 0.1) is 0 Å². The fourth-order valence-corrected chi connectivity index (χ4v) is 3.33. The van der Waals surface area contributed by atoms with Crippen molar-refractivity contribution in [3.8, 4) is 5.75 Å². The minimum absolute atomic E-state index is 0.0639. The first-order valence-electron chi connectivity index (χ1n) is 9.26. The van der Waals surface area contributed by atoms with E-state index in [0.717, 1.165) is 28.4 Å². The van der Waals surface area contributed by atoms with E-state index in [1.165, 1.54) is 5.56 Å². The molecule has 2 amide bonds. The molecule has 6 heteroatoms. The molecule has 0 spiro atoms. The fourth-order valence-electron chi connectivity index (χ4n) is 3.33. The van der Waals surface area contributed by atoms with Crippen molar-refractivity contribution in [2.24, 2.45) is 0 Å². The van der Waals surface area contributed by atoms with Gasteiger partial charge in [-0.25, -0.2) is 0 Å². The minimum Gasteiger partial charge on any atom is -0.497 e. The third-order valence-electron chi connectivity index (χ3n) is 4.87. The molecule has 0 saturated carbocycles. The van der Waals surface area contributed by atoms with Crippen molar-refractivity contribution >= 4 is 23.2 Å². The summed E-state index contributed by atoms with van der Waals surface area (Å²) in [7, 11) is 1.60. The number of nitrogens with zero attached hydrogens (tertiary/aromatic N) is 1. The van der Waals surface area contributed by atoms with Crippen LogP contribution in [-0.4, -0.2) is 45.1 Å². The summed E-state index contributed by atoms with van der Waals surface area (Å²) in [5.41, 5.74) is 2.93. The Labute approximate surface area is 159 Å². The lowest BCUT2D eigenvalue weighted by Crippen LogP contribution is -3.14. The number of rotatable bonds is 7. The summed E-state index contributed by atoms with van der Waals surface area (Å²) in [6.07, 6.45) is 0.890. The van der Waals surface area contributed by atoms with Crippen molar-refractivity contribution in [2.45, 2.75) is 13.3 Å². The Morgan fingerprint density at radius 1 is 1.11 bits per heavy atom. The third kappa shape index (κ3) is 4.65. The summed E-state index contributed by atoms with van der Waals surface area (Å²) in [4.78, 5) is 27.9. The van der Waals surface area contributed by atoms with Crippen LogP contribution in [0.5, 0.6) is 5.75 Å². The second kappa shape index (κ2) is 8.68. The molecule has 2 aromatic rings. The molecule has 2 aromatic carbocycles. The molecule has 1 aliphatic heterocycles. The number of anilines is 2. The molecule has 142 valence electrons. The number of likely N-dealkylation sites (N-methyl/N-ethyl adjacent to an activating group) is 1. The molecule has 6 nitrogen and oxygen atoms in total. The van der Waals surface area contributed by atoms with E-state index in [2.05, 4.69) is 11.4 Å². The number of quaternary nitrogens is 1. The monoisotopic (exact) mass is 368 g/mol. The molecule has 2 N–H and O–H groups in total.